The Morgan fingerprint density at radius 2 is 2.00 bits per heavy atom. The van der Waals surface area contributed by atoms with Crippen LogP contribution in [0.3, 0.4) is 0 Å². The number of carbonyl (C=O) groups is 1. The summed E-state index contributed by atoms with van der Waals surface area (Å²) in [5.41, 5.74) is -0.907. The number of hydrogen-bond acceptors (Lipinski definition) is 4. The Hall–Kier alpha value is -0.600. The predicted molar refractivity (Wildman–Crippen MR) is 90.2 cm³/mol. The number of rotatable bonds is 6. The van der Waals surface area contributed by atoms with Crippen LogP contribution in [0.2, 0.25) is 5.02 Å². The molecule has 1 N–H and O–H groups in total. The fraction of sp³-hybridized carbons (Fsp3) is 0.571. The van der Waals surface area contributed by atoms with Crippen molar-refractivity contribution in [2.75, 3.05) is 18.1 Å². The van der Waals surface area contributed by atoms with Crippen molar-refractivity contribution < 1.29 is 18.0 Å². The van der Waals surface area contributed by atoms with Gasteiger partial charge >= 0.3 is 6.18 Å². The lowest BCUT2D eigenvalue weighted by molar-refractivity contribution is -0.137. The van der Waals surface area contributed by atoms with Crippen molar-refractivity contribution >= 4 is 41.0 Å². The summed E-state index contributed by atoms with van der Waals surface area (Å²) >= 11 is 8.52. The molecule has 3 nitrogen and oxygen atoms in total. The molecule has 0 atom stereocenters. The molecule has 1 rings (SSSR count). The van der Waals surface area contributed by atoms with Gasteiger partial charge in [0.15, 0.2) is 0 Å². The second-order valence-corrected chi connectivity index (χ2v) is 8.90. The molecule has 1 amide bonds. The summed E-state index contributed by atoms with van der Waals surface area (Å²) in [6.45, 7) is 6.81. The van der Waals surface area contributed by atoms with Crippen LogP contribution in [0.25, 0.3) is 0 Å². The van der Waals surface area contributed by atoms with Gasteiger partial charge < -0.3 is 5.32 Å². The zero-order valence-electron chi connectivity index (χ0n) is 13.0. The maximum absolute atomic E-state index is 12.5. The maximum Gasteiger partial charge on any atom is 0.417 e. The fourth-order valence-electron chi connectivity index (χ4n) is 1.42. The summed E-state index contributed by atoms with van der Waals surface area (Å²) in [5.74, 6) is 0.638. The van der Waals surface area contributed by atoms with Gasteiger partial charge in [-0.15, -0.1) is 0 Å². The summed E-state index contributed by atoms with van der Waals surface area (Å²) in [6.07, 6.45) is -3.77. The molecule has 1 heterocycles. The van der Waals surface area contributed by atoms with Gasteiger partial charge in [-0.2, -0.15) is 24.9 Å². The lowest BCUT2D eigenvalue weighted by Crippen LogP contribution is -2.28. The van der Waals surface area contributed by atoms with Crippen molar-refractivity contribution in [3.63, 3.8) is 0 Å². The molecule has 0 aliphatic rings. The summed E-state index contributed by atoms with van der Waals surface area (Å²) in [5, 5.41) is 2.85. The molecule has 1 aromatic heterocycles. The number of thioether (sulfide) groups is 2. The highest BCUT2D eigenvalue weighted by Crippen LogP contribution is 2.33. The van der Waals surface area contributed by atoms with Crippen LogP contribution >= 0.6 is 35.1 Å². The van der Waals surface area contributed by atoms with Crippen LogP contribution in [-0.4, -0.2) is 33.7 Å². The molecule has 0 spiro atoms. The number of hydrogen-bond donors (Lipinski definition) is 1. The molecule has 0 aliphatic carbocycles. The zero-order chi connectivity index (χ0) is 17.7. The number of pyridine rings is 1. The van der Waals surface area contributed by atoms with Crippen molar-refractivity contribution in [2.45, 2.75) is 36.7 Å². The monoisotopic (exact) mass is 386 g/mol. The molecule has 1 aromatic rings. The third kappa shape index (κ3) is 8.17. The SMILES string of the molecule is CC(C)(C)SCCNC(=O)CSc1ncc(C(F)(F)F)cc1Cl. The normalized spacial score (nSPS) is 12.3. The summed E-state index contributed by atoms with van der Waals surface area (Å²) < 4.78 is 37.6. The molecule has 0 unspecified atom stereocenters. The molecular weight excluding hydrogens is 369 g/mol. The quantitative estimate of drug-likeness (QED) is 0.577. The topological polar surface area (TPSA) is 42.0 Å². The molecule has 0 radical (unpaired) electrons. The van der Waals surface area contributed by atoms with E-state index in [2.05, 4.69) is 31.1 Å². The van der Waals surface area contributed by atoms with Gasteiger partial charge in [-0.1, -0.05) is 44.1 Å². The highest BCUT2D eigenvalue weighted by molar-refractivity contribution is 8.00. The Morgan fingerprint density at radius 3 is 2.52 bits per heavy atom. The van der Waals surface area contributed by atoms with E-state index in [9.17, 15) is 18.0 Å². The lowest BCUT2D eigenvalue weighted by atomic mass is 10.3. The van der Waals surface area contributed by atoms with E-state index in [-0.39, 0.29) is 26.5 Å². The molecule has 0 aliphatic heterocycles. The Labute approximate surface area is 147 Å². The maximum atomic E-state index is 12.5. The first kappa shape index (κ1) is 20.4. The number of alkyl halides is 3. The average Bonchev–Trinajstić information content (AvgIpc) is 2.40. The van der Waals surface area contributed by atoms with E-state index >= 15 is 0 Å². The minimum atomic E-state index is -4.48. The van der Waals surface area contributed by atoms with E-state index in [1.807, 2.05) is 0 Å². The summed E-state index contributed by atoms with van der Waals surface area (Å²) in [7, 11) is 0. The molecule has 23 heavy (non-hydrogen) atoms. The third-order valence-corrected chi connectivity index (χ3v) is 5.11. The van der Waals surface area contributed by atoms with Gasteiger partial charge in [-0.3, -0.25) is 4.79 Å². The first-order valence-corrected chi connectivity index (χ1v) is 9.10. The summed E-state index contributed by atoms with van der Waals surface area (Å²) in [4.78, 5) is 15.4. The van der Waals surface area contributed by atoms with E-state index in [1.165, 1.54) is 0 Å². The van der Waals surface area contributed by atoms with Gasteiger partial charge in [-0.25, -0.2) is 4.98 Å². The Balaban J connectivity index is 2.42. The molecule has 0 saturated heterocycles. The van der Waals surface area contributed by atoms with Crippen LogP contribution in [-0.2, 0) is 11.0 Å². The average molecular weight is 387 g/mol. The molecule has 0 saturated carbocycles. The molecular formula is C14H18ClF3N2OS2. The Kier molecular flexibility index (Phi) is 7.54. The van der Waals surface area contributed by atoms with Gasteiger partial charge in [0, 0.05) is 23.2 Å². The van der Waals surface area contributed by atoms with E-state index in [1.54, 1.807) is 11.8 Å². The van der Waals surface area contributed by atoms with Crippen molar-refractivity contribution in [2.24, 2.45) is 0 Å². The van der Waals surface area contributed by atoms with Gasteiger partial charge in [0.25, 0.3) is 0 Å². The number of carbonyl (C=O) groups excluding carboxylic acids is 1. The largest absolute Gasteiger partial charge is 0.417 e. The second-order valence-electron chi connectivity index (χ2n) is 5.61. The predicted octanol–water partition coefficient (Wildman–Crippen LogP) is 4.49. The Morgan fingerprint density at radius 1 is 1.35 bits per heavy atom. The van der Waals surface area contributed by atoms with Gasteiger partial charge in [0.1, 0.15) is 5.03 Å². The zero-order valence-corrected chi connectivity index (χ0v) is 15.3. The first-order chi connectivity index (χ1) is 10.5. The number of halogens is 4. The van der Waals surface area contributed by atoms with Crippen molar-refractivity contribution in [3.05, 3.63) is 22.8 Å². The number of nitrogens with one attached hydrogen (secondary N) is 1. The number of amides is 1. The van der Waals surface area contributed by atoms with Crippen molar-refractivity contribution in [3.8, 4) is 0 Å². The van der Waals surface area contributed by atoms with Crippen LogP contribution in [0.15, 0.2) is 17.3 Å². The third-order valence-electron chi connectivity index (χ3n) is 2.43. The molecule has 9 heteroatoms. The molecule has 0 fully saturated rings. The Bertz CT molecular complexity index is 548. The van der Waals surface area contributed by atoms with Gasteiger partial charge in [-0.05, 0) is 6.07 Å². The number of aromatic nitrogens is 1. The van der Waals surface area contributed by atoms with Crippen LogP contribution in [0.1, 0.15) is 26.3 Å². The standard InChI is InChI=1S/C14H18ClF3N2OS2/c1-13(2,3)23-5-4-19-11(21)8-22-12-10(15)6-9(7-20-12)14(16,17)18/h6-7H,4-5,8H2,1-3H3,(H,19,21). The summed E-state index contributed by atoms with van der Waals surface area (Å²) in [6, 6.07) is 0.814. The van der Waals surface area contributed by atoms with Gasteiger partial charge in [0.05, 0.1) is 16.3 Å². The van der Waals surface area contributed by atoms with E-state index < -0.39 is 11.7 Å². The van der Waals surface area contributed by atoms with E-state index in [0.717, 1.165) is 23.6 Å². The number of nitrogens with zero attached hydrogens (tertiary/aromatic N) is 1. The van der Waals surface area contributed by atoms with E-state index in [0.29, 0.717) is 12.7 Å². The highest BCUT2D eigenvalue weighted by Gasteiger charge is 2.31. The minimum absolute atomic E-state index is 0.0538. The molecule has 0 bridgehead atoms. The van der Waals surface area contributed by atoms with Crippen molar-refractivity contribution in [1.29, 1.82) is 0 Å². The van der Waals surface area contributed by atoms with Crippen molar-refractivity contribution in [1.82, 2.24) is 10.3 Å². The lowest BCUT2D eigenvalue weighted by Gasteiger charge is -2.17. The second kappa shape index (κ2) is 8.48. The fourth-order valence-corrected chi connectivity index (χ4v) is 3.26. The molecule has 0 aromatic carbocycles. The first-order valence-electron chi connectivity index (χ1n) is 6.75. The van der Waals surface area contributed by atoms with Crippen LogP contribution in [0.4, 0.5) is 13.2 Å². The van der Waals surface area contributed by atoms with Crippen LogP contribution in [0, 0.1) is 0 Å². The van der Waals surface area contributed by atoms with E-state index in [4.69, 9.17) is 11.6 Å². The smallest absolute Gasteiger partial charge is 0.355 e. The molecule has 130 valence electrons. The van der Waals surface area contributed by atoms with Crippen LogP contribution in [0.5, 0.6) is 0 Å². The van der Waals surface area contributed by atoms with Gasteiger partial charge in [0.2, 0.25) is 5.91 Å². The highest BCUT2D eigenvalue weighted by atomic mass is 35.5. The minimum Gasteiger partial charge on any atom is -0.355 e. The van der Waals surface area contributed by atoms with Crippen LogP contribution < -0.4 is 5.32 Å².